The molecule has 1 amide bonds. The van der Waals surface area contributed by atoms with Gasteiger partial charge in [-0.3, -0.25) is 4.79 Å². The van der Waals surface area contributed by atoms with Crippen molar-refractivity contribution >= 4 is 11.7 Å². The molecule has 0 radical (unpaired) electrons. The SMILES string of the molecule is O=C(COC1CCCCC1)NC1CCN(c2ccc(C(F)(F)F)cn2)CC1. The highest BCUT2D eigenvalue weighted by atomic mass is 19.4. The topological polar surface area (TPSA) is 54.5 Å². The van der Waals surface area contributed by atoms with Crippen LogP contribution in [0.4, 0.5) is 19.0 Å². The predicted molar refractivity (Wildman–Crippen MR) is 95.4 cm³/mol. The van der Waals surface area contributed by atoms with Crippen molar-refractivity contribution in [1.82, 2.24) is 10.3 Å². The molecular weight excluding hydrogens is 359 g/mol. The number of nitrogens with zero attached hydrogens (tertiary/aromatic N) is 2. The van der Waals surface area contributed by atoms with Gasteiger partial charge in [-0.2, -0.15) is 13.2 Å². The van der Waals surface area contributed by atoms with Gasteiger partial charge >= 0.3 is 6.18 Å². The summed E-state index contributed by atoms with van der Waals surface area (Å²) in [5.41, 5.74) is -0.744. The predicted octanol–water partition coefficient (Wildman–Crippen LogP) is 3.53. The highest BCUT2D eigenvalue weighted by Crippen LogP contribution is 2.29. The third-order valence-electron chi connectivity index (χ3n) is 5.26. The summed E-state index contributed by atoms with van der Waals surface area (Å²) < 4.78 is 43.5. The first-order valence-corrected chi connectivity index (χ1v) is 9.61. The first-order valence-electron chi connectivity index (χ1n) is 9.61. The van der Waals surface area contributed by atoms with Gasteiger partial charge in [0.25, 0.3) is 0 Å². The van der Waals surface area contributed by atoms with Crippen LogP contribution in [0.1, 0.15) is 50.5 Å². The summed E-state index contributed by atoms with van der Waals surface area (Å²) in [4.78, 5) is 17.9. The second kappa shape index (κ2) is 8.91. The summed E-state index contributed by atoms with van der Waals surface area (Å²) in [6.07, 6.45) is 3.82. The van der Waals surface area contributed by atoms with Crippen LogP contribution in [-0.2, 0) is 15.7 Å². The summed E-state index contributed by atoms with van der Waals surface area (Å²) in [6, 6.07) is 2.52. The molecule has 1 aromatic rings. The van der Waals surface area contributed by atoms with Gasteiger partial charge in [0.2, 0.25) is 5.91 Å². The van der Waals surface area contributed by atoms with Crippen LogP contribution in [0.15, 0.2) is 18.3 Å². The monoisotopic (exact) mass is 385 g/mol. The third-order valence-corrected chi connectivity index (χ3v) is 5.26. The molecule has 8 heteroatoms. The lowest BCUT2D eigenvalue weighted by Gasteiger charge is -2.33. The van der Waals surface area contributed by atoms with Crippen molar-refractivity contribution in [2.75, 3.05) is 24.6 Å². The largest absolute Gasteiger partial charge is 0.417 e. The number of hydrogen-bond donors (Lipinski definition) is 1. The van der Waals surface area contributed by atoms with Gasteiger partial charge in [0.05, 0.1) is 11.7 Å². The molecular formula is C19H26F3N3O2. The molecule has 0 bridgehead atoms. The Kier molecular flexibility index (Phi) is 6.57. The second-order valence-corrected chi connectivity index (χ2v) is 7.30. The molecule has 1 aliphatic carbocycles. The Hall–Kier alpha value is -1.83. The van der Waals surface area contributed by atoms with Crippen LogP contribution in [0, 0.1) is 0 Å². The number of amides is 1. The normalized spacial score (nSPS) is 19.9. The molecule has 1 saturated heterocycles. The summed E-state index contributed by atoms with van der Waals surface area (Å²) in [5, 5.41) is 3.00. The van der Waals surface area contributed by atoms with E-state index in [-0.39, 0.29) is 24.7 Å². The van der Waals surface area contributed by atoms with Crippen LogP contribution in [0.25, 0.3) is 0 Å². The summed E-state index contributed by atoms with van der Waals surface area (Å²) in [7, 11) is 0. The van der Waals surface area contributed by atoms with Crippen LogP contribution in [-0.4, -0.2) is 42.7 Å². The maximum Gasteiger partial charge on any atom is 0.417 e. The van der Waals surface area contributed by atoms with Crippen LogP contribution < -0.4 is 10.2 Å². The summed E-state index contributed by atoms with van der Waals surface area (Å²) in [6.45, 7) is 1.39. The number of nitrogens with one attached hydrogen (secondary N) is 1. The van der Waals surface area contributed by atoms with Gasteiger partial charge in [0, 0.05) is 25.3 Å². The maximum absolute atomic E-state index is 12.6. The number of hydrogen-bond acceptors (Lipinski definition) is 4. The maximum atomic E-state index is 12.6. The third kappa shape index (κ3) is 5.82. The molecule has 1 aliphatic heterocycles. The number of piperidine rings is 1. The average Bonchev–Trinajstić information content (AvgIpc) is 2.67. The molecule has 150 valence electrons. The Morgan fingerprint density at radius 2 is 1.85 bits per heavy atom. The molecule has 1 saturated carbocycles. The second-order valence-electron chi connectivity index (χ2n) is 7.30. The number of halogens is 3. The summed E-state index contributed by atoms with van der Waals surface area (Å²) in [5.74, 6) is 0.445. The Bertz CT molecular complexity index is 608. The van der Waals surface area contributed by atoms with Gasteiger partial charge in [-0.1, -0.05) is 19.3 Å². The molecule has 0 aromatic carbocycles. The lowest BCUT2D eigenvalue weighted by atomic mass is 9.98. The number of anilines is 1. The van der Waals surface area contributed by atoms with E-state index in [4.69, 9.17) is 4.74 Å². The van der Waals surface area contributed by atoms with Gasteiger partial charge < -0.3 is 15.0 Å². The van der Waals surface area contributed by atoms with Crippen molar-refractivity contribution in [3.8, 4) is 0 Å². The fourth-order valence-electron chi connectivity index (χ4n) is 3.69. The van der Waals surface area contributed by atoms with Gasteiger partial charge in [-0.05, 0) is 37.8 Å². The van der Waals surface area contributed by atoms with Crippen LogP contribution in [0.5, 0.6) is 0 Å². The average molecular weight is 385 g/mol. The first kappa shape index (κ1) is 19.9. The minimum atomic E-state index is -4.37. The Balaban J connectivity index is 1.40. The minimum Gasteiger partial charge on any atom is -0.368 e. The van der Waals surface area contributed by atoms with E-state index in [9.17, 15) is 18.0 Å². The van der Waals surface area contributed by atoms with E-state index in [1.807, 2.05) is 4.90 Å². The van der Waals surface area contributed by atoms with E-state index < -0.39 is 11.7 Å². The van der Waals surface area contributed by atoms with E-state index in [2.05, 4.69) is 10.3 Å². The van der Waals surface area contributed by atoms with Gasteiger partial charge in [0.1, 0.15) is 12.4 Å². The zero-order chi connectivity index (χ0) is 19.3. The Morgan fingerprint density at radius 1 is 1.15 bits per heavy atom. The highest BCUT2D eigenvalue weighted by Gasteiger charge is 2.31. The van der Waals surface area contributed by atoms with Crippen molar-refractivity contribution in [3.63, 3.8) is 0 Å². The number of rotatable bonds is 5. The number of carbonyl (C=O) groups excluding carboxylic acids is 1. The molecule has 27 heavy (non-hydrogen) atoms. The Morgan fingerprint density at radius 3 is 2.44 bits per heavy atom. The van der Waals surface area contributed by atoms with E-state index in [1.54, 1.807) is 0 Å². The summed E-state index contributed by atoms with van der Waals surface area (Å²) >= 11 is 0. The fraction of sp³-hybridized carbons (Fsp3) is 0.684. The van der Waals surface area contributed by atoms with Crippen molar-refractivity contribution in [3.05, 3.63) is 23.9 Å². The minimum absolute atomic E-state index is 0.0677. The first-order chi connectivity index (χ1) is 12.9. The van der Waals surface area contributed by atoms with Crippen LogP contribution in [0.2, 0.25) is 0 Å². The van der Waals surface area contributed by atoms with Crippen molar-refractivity contribution in [2.45, 2.75) is 63.3 Å². The number of carbonyl (C=O) groups is 1. The van der Waals surface area contributed by atoms with E-state index in [0.29, 0.717) is 18.9 Å². The smallest absolute Gasteiger partial charge is 0.368 e. The molecule has 2 aliphatic rings. The van der Waals surface area contributed by atoms with Gasteiger partial charge in [-0.25, -0.2) is 4.98 Å². The molecule has 0 unspecified atom stereocenters. The Labute approximate surface area is 157 Å². The lowest BCUT2D eigenvalue weighted by Crippen LogP contribution is -2.46. The molecule has 2 fully saturated rings. The molecule has 0 atom stereocenters. The molecule has 3 rings (SSSR count). The van der Waals surface area contributed by atoms with Crippen molar-refractivity contribution in [2.24, 2.45) is 0 Å². The standard InChI is InChI=1S/C19H26F3N3O2/c20-19(21,22)14-6-7-17(23-12-14)25-10-8-15(9-11-25)24-18(26)13-27-16-4-2-1-3-5-16/h6-7,12,15-16H,1-5,8-11,13H2,(H,24,26). The number of pyridine rings is 1. The zero-order valence-electron chi connectivity index (χ0n) is 15.3. The molecule has 1 N–H and O–H groups in total. The fourth-order valence-corrected chi connectivity index (χ4v) is 3.69. The zero-order valence-corrected chi connectivity index (χ0v) is 15.3. The molecule has 5 nitrogen and oxygen atoms in total. The van der Waals surface area contributed by atoms with Crippen molar-refractivity contribution in [1.29, 1.82) is 0 Å². The van der Waals surface area contributed by atoms with Crippen LogP contribution >= 0.6 is 0 Å². The van der Waals surface area contributed by atoms with Crippen LogP contribution in [0.3, 0.4) is 0 Å². The number of aromatic nitrogens is 1. The van der Waals surface area contributed by atoms with Gasteiger partial charge in [0.15, 0.2) is 0 Å². The number of ether oxygens (including phenoxy) is 1. The highest BCUT2D eigenvalue weighted by molar-refractivity contribution is 5.77. The van der Waals surface area contributed by atoms with E-state index in [0.717, 1.165) is 37.9 Å². The van der Waals surface area contributed by atoms with E-state index in [1.165, 1.54) is 25.3 Å². The van der Waals surface area contributed by atoms with Gasteiger partial charge in [-0.15, -0.1) is 0 Å². The van der Waals surface area contributed by atoms with E-state index >= 15 is 0 Å². The lowest BCUT2D eigenvalue weighted by molar-refractivity contribution is -0.137. The van der Waals surface area contributed by atoms with Crippen molar-refractivity contribution < 1.29 is 22.7 Å². The number of alkyl halides is 3. The molecule has 1 aromatic heterocycles. The quantitative estimate of drug-likeness (QED) is 0.843. The molecule has 2 heterocycles. The molecule has 0 spiro atoms.